The van der Waals surface area contributed by atoms with Gasteiger partial charge in [-0.2, -0.15) is 0 Å². The number of imidazole rings is 1. The van der Waals surface area contributed by atoms with E-state index in [9.17, 15) is 9.18 Å². The fraction of sp³-hybridized carbons (Fsp3) is 0.0769. The van der Waals surface area contributed by atoms with Crippen LogP contribution in [0.25, 0.3) is 16.6 Å². The monoisotopic (exact) mass is 228 g/mol. The Kier molecular flexibility index (Phi) is 1.98. The molecule has 0 saturated carbocycles. The number of rotatable bonds is 1. The van der Waals surface area contributed by atoms with Gasteiger partial charge in [0.2, 0.25) is 0 Å². The molecule has 17 heavy (non-hydrogen) atoms. The third-order valence-corrected chi connectivity index (χ3v) is 2.89. The second kappa shape index (κ2) is 3.38. The number of aldehydes is 1. The van der Waals surface area contributed by atoms with Gasteiger partial charge in [0.05, 0.1) is 11.2 Å². The second-order valence-corrected chi connectivity index (χ2v) is 3.90. The number of carbonyl (C=O) groups excluding carboxylic acids is 1. The van der Waals surface area contributed by atoms with E-state index in [1.165, 1.54) is 6.07 Å². The first-order valence-corrected chi connectivity index (χ1v) is 5.24. The molecule has 0 radical (unpaired) electrons. The molecule has 3 nitrogen and oxygen atoms in total. The Bertz CT molecular complexity index is 746. The summed E-state index contributed by atoms with van der Waals surface area (Å²) in [5, 5.41) is 0.748. The van der Waals surface area contributed by atoms with E-state index in [4.69, 9.17) is 0 Å². The fourth-order valence-electron chi connectivity index (χ4n) is 2.12. The van der Waals surface area contributed by atoms with Crippen LogP contribution in [0, 0.1) is 12.7 Å². The highest BCUT2D eigenvalue weighted by molar-refractivity contribution is 5.87. The Morgan fingerprint density at radius 2 is 2.12 bits per heavy atom. The molecule has 0 amide bonds. The summed E-state index contributed by atoms with van der Waals surface area (Å²) < 4.78 is 15.4. The van der Waals surface area contributed by atoms with Crippen LogP contribution in [0.1, 0.15) is 16.2 Å². The Morgan fingerprint density at radius 1 is 1.29 bits per heavy atom. The first-order chi connectivity index (χ1) is 8.22. The number of pyridine rings is 1. The van der Waals surface area contributed by atoms with Gasteiger partial charge in [0.25, 0.3) is 0 Å². The van der Waals surface area contributed by atoms with Gasteiger partial charge in [0.1, 0.15) is 17.2 Å². The summed E-state index contributed by atoms with van der Waals surface area (Å²) in [5.41, 5.74) is 1.99. The number of nitrogens with zero attached hydrogens (tertiary/aromatic N) is 2. The van der Waals surface area contributed by atoms with E-state index in [2.05, 4.69) is 4.98 Å². The van der Waals surface area contributed by atoms with Crippen LogP contribution in [0.4, 0.5) is 4.39 Å². The lowest BCUT2D eigenvalue weighted by molar-refractivity contribution is 0.111. The molecule has 3 aromatic rings. The number of carbonyl (C=O) groups is 1. The van der Waals surface area contributed by atoms with Crippen molar-refractivity contribution in [3.63, 3.8) is 0 Å². The van der Waals surface area contributed by atoms with E-state index >= 15 is 0 Å². The molecule has 0 N–H and O–H groups in total. The van der Waals surface area contributed by atoms with E-state index in [0.29, 0.717) is 28.8 Å². The molecular weight excluding hydrogens is 219 g/mol. The van der Waals surface area contributed by atoms with E-state index < -0.39 is 0 Å². The van der Waals surface area contributed by atoms with E-state index in [0.717, 1.165) is 5.39 Å². The number of benzene rings is 1. The summed E-state index contributed by atoms with van der Waals surface area (Å²) in [6.07, 6.45) is 0.710. The average molecular weight is 228 g/mol. The standard InChI is InChI=1S/C13H9FN2O/c1-8-11(7-17)16-12(15-8)6-5-9-3-2-4-10(14)13(9)16/h2-7H,1H3. The normalized spacial score (nSPS) is 11.2. The lowest BCUT2D eigenvalue weighted by Crippen LogP contribution is -1.96. The summed E-state index contributed by atoms with van der Waals surface area (Å²) in [7, 11) is 0. The van der Waals surface area contributed by atoms with Crippen molar-refractivity contribution in [1.82, 2.24) is 9.38 Å². The molecule has 3 rings (SSSR count). The van der Waals surface area contributed by atoms with Gasteiger partial charge in [-0.15, -0.1) is 0 Å². The maximum Gasteiger partial charge on any atom is 0.168 e. The minimum atomic E-state index is -0.353. The molecule has 0 aliphatic rings. The maximum absolute atomic E-state index is 13.9. The van der Waals surface area contributed by atoms with Crippen LogP contribution in [0.3, 0.4) is 0 Å². The Morgan fingerprint density at radius 3 is 2.88 bits per heavy atom. The highest BCUT2D eigenvalue weighted by atomic mass is 19.1. The van der Waals surface area contributed by atoms with Crippen molar-refractivity contribution in [2.24, 2.45) is 0 Å². The third kappa shape index (κ3) is 1.27. The molecule has 0 saturated heterocycles. The van der Waals surface area contributed by atoms with Gasteiger partial charge in [0.15, 0.2) is 6.29 Å². The summed E-state index contributed by atoms with van der Waals surface area (Å²) in [5.74, 6) is -0.353. The van der Waals surface area contributed by atoms with Crippen molar-refractivity contribution in [3.8, 4) is 0 Å². The Balaban J connectivity index is 2.66. The molecule has 0 aliphatic carbocycles. The van der Waals surface area contributed by atoms with Crippen LogP contribution in [0.15, 0.2) is 30.3 Å². The van der Waals surface area contributed by atoms with Gasteiger partial charge in [-0.3, -0.25) is 9.20 Å². The summed E-state index contributed by atoms with van der Waals surface area (Å²) in [6.45, 7) is 1.74. The maximum atomic E-state index is 13.9. The van der Waals surface area contributed by atoms with Gasteiger partial charge in [0, 0.05) is 5.39 Å². The number of aromatic nitrogens is 2. The molecule has 0 unspecified atom stereocenters. The number of aryl methyl sites for hydroxylation is 1. The number of fused-ring (bicyclic) bond motifs is 3. The van der Waals surface area contributed by atoms with Crippen LogP contribution in [0.2, 0.25) is 0 Å². The number of para-hydroxylation sites is 1. The number of hydrogen-bond donors (Lipinski definition) is 0. The lowest BCUT2D eigenvalue weighted by Gasteiger charge is -2.04. The van der Waals surface area contributed by atoms with Crippen molar-refractivity contribution in [1.29, 1.82) is 0 Å². The number of hydrogen-bond acceptors (Lipinski definition) is 2. The van der Waals surface area contributed by atoms with Gasteiger partial charge in [-0.1, -0.05) is 12.1 Å². The second-order valence-electron chi connectivity index (χ2n) is 3.90. The Hall–Kier alpha value is -2.23. The predicted molar refractivity (Wildman–Crippen MR) is 62.8 cm³/mol. The van der Waals surface area contributed by atoms with Gasteiger partial charge in [-0.05, 0) is 25.1 Å². The zero-order chi connectivity index (χ0) is 12.0. The van der Waals surface area contributed by atoms with Crippen LogP contribution >= 0.6 is 0 Å². The van der Waals surface area contributed by atoms with Crippen LogP contribution in [0.5, 0.6) is 0 Å². The quantitative estimate of drug-likeness (QED) is 0.600. The van der Waals surface area contributed by atoms with E-state index in [1.807, 2.05) is 6.07 Å². The first-order valence-electron chi connectivity index (χ1n) is 5.24. The predicted octanol–water partition coefficient (Wildman–Crippen LogP) is 2.75. The van der Waals surface area contributed by atoms with E-state index in [-0.39, 0.29) is 5.82 Å². The van der Waals surface area contributed by atoms with Gasteiger partial charge < -0.3 is 0 Å². The Labute approximate surface area is 96.5 Å². The molecule has 0 bridgehead atoms. The van der Waals surface area contributed by atoms with Crippen molar-refractivity contribution in [2.45, 2.75) is 6.92 Å². The average Bonchev–Trinajstić information content (AvgIpc) is 2.64. The third-order valence-electron chi connectivity index (χ3n) is 2.89. The molecule has 1 aromatic carbocycles. The van der Waals surface area contributed by atoms with Crippen molar-refractivity contribution in [2.75, 3.05) is 0 Å². The minimum absolute atomic E-state index is 0.353. The van der Waals surface area contributed by atoms with Crippen molar-refractivity contribution >= 4 is 22.8 Å². The van der Waals surface area contributed by atoms with Crippen LogP contribution in [-0.2, 0) is 0 Å². The van der Waals surface area contributed by atoms with E-state index in [1.54, 1.807) is 29.5 Å². The minimum Gasteiger partial charge on any atom is -0.296 e. The summed E-state index contributed by atoms with van der Waals surface area (Å²) in [4.78, 5) is 15.3. The molecule has 0 fully saturated rings. The van der Waals surface area contributed by atoms with Crippen LogP contribution in [-0.4, -0.2) is 15.7 Å². The first kappa shape index (κ1) is 9.96. The molecular formula is C13H9FN2O. The topological polar surface area (TPSA) is 34.4 Å². The summed E-state index contributed by atoms with van der Waals surface area (Å²) >= 11 is 0. The number of halogens is 1. The van der Waals surface area contributed by atoms with Gasteiger partial charge >= 0.3 is 0 Å². The highest BCUT2D eigenvalue weighted by Gasteiger charge is 2.12. The fourth-order valence-corrected chi connectivity index (χ4v) is 2.12. The van der Waals surface area contributed by atoms with Crippen LogP contribution < -0.4 is 0 Å². The summed E-state index contributed by atoms with van der Waals surface area (Å²) in [6, 6.07) is 8.41. The molecule has 0 atom stereocenters. The zero-order valence-corrected chi connectivity index (χ0v) is 9.14. The SMILES string of the molecule is Cc1nc2ccc3cccc(F)c3n2c1C=O. The smallest absolute Gasteiger partial charge is 0.168 e. The largest absolute Gasteiger partial charge is 0.296 e. The van der Waals surface area contributed by atoms with Gasteiger partial charge in [-0.25, -0.2) is 9.37 Å². The molecule has 2 heterocycles. The highest BCUT2D eigenvalue weighted by Crippen LogP contribution is 2.22. The molecule has 4 heteroatoms. The molecule has 0 aliphatic heterocycles. The molecule has 2 aromatic heterocycles. The zero-order valence-electron chi connectivity index (χ0n) is 9.14. The molecule has 0 spiro atoms. The molecule has 84 valence electrons. The van der Waals surface area contributed by atoms with Crippen molar-refractivity contribution in [3.05, 3.63) is 47.5 Å². The lowest BCUT2D eigenvalue weighted by atomic mass is 10.2. The van der Waals surface area contributed by atoms with Crippen molar-refractivity contribution < 1.29 is 9.18 Å².